The summed E-state index contributed by atoms with van der Waals surface area (Å²) in [6.07, 6.45) is -1.01. The van der Waals surface area contributed by atoms with Crippen molar-refractivity contribution in [2.75, 3.05) is 0 Å². The van der Waals surface area contributed by atoms with Crippen LogP contribution in [0.5, 0.6) is 5.88 Å². The molecule has 9 heteroatoms. The van der Waals surface area contributed by atoms with E-state index in [2.05, 4.69) is 15.3 Å². The Balaban J connectivity index is 0.000000552. The largest absolute Gasteiger partial charge is 0.483 e. The Bertz CT molecular complexity index is 881. The molecular weight excluding hydrogens is 366 g/mol. The van der Waals surface area contributed by atoms with Crippen LogP contribution in [0.25, 0.3) is 5.69 Å². The summed E-state index contributed by atoms with van der Waals surface area (Å²) in [5.41, 5.74) is 3.73. The van der Waals surface area contributed by atoms with Crippen molar-refractivity contribution in [3.05, 3.63) is 64.6 Å². The highest BCUT2D eigenvalue weighted by Crippen LogP contribution is 2.14. The maximum absolute atomic E-state index is 9.69. The van der Waals surface area contributed by atoms with E-state index in [0.29, 0.717) is 17.5 Å². The molecule has 0 saturated carbocycles. The minimum atomic E-state index is -2.83. The molecule has 0 radical (unpaired) electrons. The van der Waals surface area contributed by atoms with Gasteiger partial charge in [-0.2, -0.15) is 0 Å². The summed E-state index contributed by atoms with van der Waals surface area (Å²) in [5, 5.41) is 8.87. The van der Waals surface area contributed by atoms with E-state index in [1.807, 2.05) is 56.4 Å². The Kier molecular flexibility index (Phi) is 6.74. The van der Waals surface area contributed by atoms with Crippen LogP contribution in [0.3, 0.4) is 0 Å². The van der Waals surface area contributed by atoms with Gasteiger partial charge in [0.05, 0.1) is 11.9 Å². The summed E-state index contributed by atoms with van der Waals surface area (Å²) in [5.74, 6) is 0.587. The zero-order chi connectivity index (χ0) is 19.1. The molecule has 0 aliphatic heterocycles. The van der Waals surface area contributed by atoms with Crippen LogP contribution in [-0.2, 0) is 6.61 Å². The number of ether oxygens (including phenoxy) is 1. The van der Waals surface area contributed by atoms with Crippen LogP contribution >= 0.6 is 11.6 Å². The molecule has 0 aliphatic carbocycles. The van der Waals surface area contributed by atoms with Crippen LogP contribution in [-0.4, -0.2) is 26.3 Å². The second kappa shape index (κ2) is 9.00. The fraction of sp³-hybridized carbons (Fsp3) is 0.176. The lowest BCUT2D eigenvalue weighted by Gasteiger charge is -2.05. The number of carbonyl (C=O) groups excluding carboxylic acids is 1. The number of pyridine rings is 1. The van der Waals surface area contributed by atoms with Crippen LogP contribution < -0.4 is 4.74 Å². The zero-order valence-electron chi connectivity index (χ0n) is 14.0. The van der Waals surface area contributed by atoms with Crippen molar-refractivity contribution >= 4 is 17.9 Å². The molecule has 2 heterocycles. The molecule has 0 N–H and O–H groups in total. The van der Waals surface area contributed by atoms with Crippen molar-refractivity contribution < 1.29 is 18.3 Å². The van der Waals surface area contributed by atoms with Gasteiger partial charge in [-0.1, -0.05) is 22.9 Å². The lowest BCUT2D eigenvalue weighted by atomic mass is 10.2. The molecule has 0 aliphatic rings. The number of carbonyl (C=O) groups is 1. The van der Waals surface area contributed by atoms with Crippen LogP contribution in [0, 0.1) is 13.8 Å². The van der Waals surface area contributed by atoms with Crippen molar-refractivity contribution in [1.29, 1.82) is 0 Å². The molecule has 136 valence electrons. The van der Waals surface area contributed by atoms with Gasteiger partial charge in [-0.25, -0.2) is 14.5 Å². The van der Waals surface area contributed by atoms with Crippen LogP contribution in [0.1, 0.15) is 17.0 Å². The van der Waals surface area contributed by atoms with E-state index in [0.717, 1.165) is 22.6 Å². The highest BCUT2D eigenvalue weighted by molar-refractivity contribution is 6.30. The minimum Gasteiger partial charge on any atom is -0.471 e. The smallest absolute Gasteiger partial charge is 0.471 e. The Labute approximate surface area is 153 Å². The summed E-state index contributed by atoms with van der Waals surface area (Å²) in [6.45, 7) is 4.30. The van der Waals surface area contributed by atoms with E-state index in [4.69, 9.17) is 21.1 Å². The van der Waals surface area contributed by atoms with Gasteiger partial charge in [0.25, 0.3) is 0 Å². The van der Waals surface area contributed by atoms with E-state index in [1.54, 1.807) is 4.68 Å². The van der Waals surface area contributed by atoms with Crippen molar-refractivity contribution in [2.24, 2.45) is 0 Å². The van der Waals surface area contributed by atoms with Gasteiger partial charge < -0.3 is 4.74 Å². The standard InChI is InChI=1S/C16H15ClN4O.CF2O/c1-11-3-8-16(18-12(11)2)22-10-14-9-21(20-19-14)15-6-4-13(17)5-7-15;2-1(3)4/h3-9H,10H2,1-2H3;. The Morgan fingerprint density at radius 1 is 1.15 bits per heavy atom. The topological polar surface area (TPSA) is 69.9 Å². The molecule has 0 amide bonds. The van der Waals surface area contributed by atoms with Crippen molar-refractivity contribution in [2.45, 2.75) is 20.5 Å². The highest BCUT2D eigenvalue weighted by atomic mass is 35.5. The molecule has 0 fully saturated rings. The van der Waals surface area contributed by atoms with Crippen molar-refractivity contribution in [1.82, 2.24) is 20.0 Å². The maximum atomic E-state index is 9.69. The van der Waals surface area contributed by atoms with Gasteiger partial charge in [-0.05, 0) is 43.7 Å². The fourth-order valence-electron chi connectivity index (χ4n) is 1.92. The molecule has 1 aromatic carbocycles. The number of halogens is 3. The first kappa shape index (κ1) is 19.5. The molecule has 0 saturated heterocycles. The Hall–Kier alpha value is -2.87. The average Bonchev–Trinajstić information content (AvgIpc) is 3.05. The SMILES string of the molecule is Cc1ccc(OCc2cn(-c3ccc(Cl)cc3)nn2)nc1C.O=C(F)F. The van der Waals surface area contributed by atoms with Gasteiger partial charge in [-0.15, -0.1) is 13.9 Å². The number of hydrogen-bond acceptors (Lipinski definition) is 5. The summed E-state index contributed by atoms with van der Waals surface area (Å²) >= 11 is 5.87. The lowest BCUT2D eigenvalue weighted by molar-refractivity contribution is 0.199. The van der Waals surface area contributed by atoms with Crippen LogP contribution in [0.2, 0.25) is 5.02 Å². The molecule has 26 heavy (non-hydrogen) atoms. The summed E-state index contributed by atoms with van der Waals surface area (Å²) < 4.78 is 26.7. The first-order valence-electron chi connectivity index (χ1n) is 7.44. The molecule has 0 atom stereocenters. The van der Waals surface area contributed by atoms with E-state index >= 15 is 0 Å². The minimum absolute atomic E-state index is 0.323. The third-order valence-corrected chi connectivity index (χ3v) is 3.58. The van der Waals surface area contributed by atoms with Gasteiger partial charge in [0.1, 0.15) is 12.3 Å². The highest BCUT2D eigenvalue weighted by Gasteiger charge is 2.05. The third kappa shape index (κ3) is 5.89. The molecule has 0 bridgehead atoms. The molecule has 6 nitrogen and oxygen atoms in total. The second-order valence-electron chi connectivity index (χ2n) is 5.20. The normalized spacial score (nSPS) is 10.0. The monoisotopic (exact) mass is 380 g/mol. The Morgan fingerprint density at radius 2 is 1.81 bits per heavy atom. The number of rotatable bonds is 4. The molecule has 2 aromatic heterocycles. The number of aromatic nitrogens is 4. The first-order valence-corrected chi connectivity index (χ1v) is 7.82. The quantitative estimate of drug-likeness (QED) is 0.621. The fourth-order valence-corrected chi connectivity index (χ4v) is 2.05. The van der Waals surface area contributed by atoms with Crippen molar-refractivity contribution in [3.63, 3.8) is 0 Å². The molecular formula is C17H15ClF2N4O2. The van der Waals surface area contributed by atoms with E-state index < -0.39 is 6.29 Å². The number of nitrogens with zero attached hydrogens (tertiary/aromatic N) is 4. The first-order chi connectivity index (χ1) is 12.3. The zero-order valence-corrected chi connectivity index (χ0v) is 14.7. The van der Waals surface area contributed by atoms with Gasteiger partial charge in [0.2, 0.25) is 5.88 Å². The third-order valence-electron chi connectivity index (χ3n) is 3.32. The molecule has 3 rings (SSSR count). The predicted molar refractivity (Wildman–Crippen MR) is 92.0 cm³/mol. The van der Waals surface area contributed by atoms with Gasteiger partial charge in [-0.3, -0.25) is 0 Å². The second-order valence-corrected chi connectivity index (χ2v) is 5.63. The van der Waals surface area contributed by atoms with Gasteiger partial charge in [0, 0.05) is 16.8 Å². The maximum Gasteiger partial charge on any atom is 0.483 e. The number of hydrogen-bond donors (Lipinski definition) is 0. The average molecular weight is 381 g/mol. The summed E-state index contributed by atoms with van der Waals surface area (Å²) in [4.78, 5) is 12.5. The van der Waals surface area contributed by atoms with Gasteiger partial charge in [0.15, 0.2) is 0 Å². The predicted octanol–water partition coefficient (Wildman–Crippen LogP) is 4.56. The van der Waals surface area contributed by atoms with Crippen LogP contribution in [0.4, 0.5) is 13.6 Å². The van der Waals surface area contributed by atoms with E-state index in [-0.39, 0.29) is 0 Å². The lowest BCUT2D eigenvalue weighted by Crippen LogP contribution is -1.99. The van der Waals surface area contributed by atoms with E-state index in [1.165, 1.54) is 0 Å². The molecule has 3 aromatic rings. The van der Waals surface area contributed by atoms with E-state index in [9.17, 15) is 8.78 Å². The van der Waals surface area contributed by atoms with Crippen LogP contribution in [0.15, 0.2) is 42.6 Å². The molecule has 0 spiro atoms. The number of aryl methyl sites for hydroxylation is 2. The summed E-state index contributed by atoms with van der Waals surface area (Å²) in [7, 11) is 0. The number of benzene rings is 1. The van der Waals surface area contributed by atoms with Crippen molar-refractivity contribution in [3.8, 4) is 11.6 Å². The van der Waals surface area contributed by atoms with Gasteiger partial charge >= 0.3 is 6.29 Å². The summed E-state index contributed by atoms with van der Waals surface area (Å²) in [6, 6.07) is 11.2. The Morgan fingerprint density at radius 3 is 2.42 bits per heavy atom. The molecule has 0 unspecified atom stereocenters.